The Morgan fingerprint density at radius 1 is 1.33 bits per heavy atom. The van der Waals surface area contributed by atoms with Gasteiger partial charge < -0.3 is 10.2 Å². The molecule has 1 saturated heterocycles. The van der Waals surface area contributed by atoms with Crippen molar-refractivity contribution in [1.29, 1.82) is 0 Å². The summed E-state index contributed by atoms with van der Waals surface area (Å²) in [6.07, 6.45) is 6.09. The maximum atomic E-state index is 12.2. The van der Waals surface area contributed by atoms with Gasteiger partial charge in [-0.1, -0.05) is 6.42 Å². The summed E-state index contributed by atoms with van der Waals surface area (Å²) >= 11 is 0. The molecule has 86 valence electrons. The summed E-state index contributed by atoms with van der Waals surface area (Å²) < 4.78 is 0. The summed E-state index contributed by atoms with van der Waals surface area (Å²) in [6.45, 7) is 4.96. The summed E-state index contributed by atoms with van der Waals surface area (Å²) in [4.78, 5) is 14.2. The molecule has 0 aromatic rings. The molecule has 1 heterocycles. The second-order valence-corrected chi connectivity index (χ2v) is 4.82. The summed E-state index contributed by atoms with van der Waals surface area (Å²) in [6, 6.07) is 0.109. The zero-order valence-electron chi connectivity index (χ0n) is 9.67. The molecule has 0 aromatic heterocycles. The molecule has 3 nitrogen and oxygen atoms in total. The molecule has 1 aliphatic carbocycles. The van der Waals surface area contributed by atoms with Crippen LogP contribution in [0.1, 0.15) is 39.0 Å². The molecule has 1 atom stereocenters. The third-order valence-electron chi connectivity index (χ3n) is 3.48. The van der Waals surface area contributed by atoms with Gasteiger partial charge >= 0.3 is 0 Å². The van der Waals surface area contributed by atoms with Crippen molar-refractivity contribution in [2.24, 2.45) is 5.92 Å². The molecule has 2 fully saturated rings. The predicted octanol–water partition coefficient (Wildman–Crippen LogP) is 1.39. The number of carbonyl (C=O) groups is 1. The second-order valence-electron chi connectivity index (χ2n) is 4.82. The van der Waals surface area contributed by atoms with Crippen molar-refractivity contribution in [3.8, 4) is 0 Å². The minimum absolute atomic E-state index is 0.109. The van der Waals surface area contributed by atoms with Gasteiger partial charge in [-0.3, -0.25) is 4.79 Å². The van der Waals surface area contributed by atoms with Crippen LogP contribution in [-0.4, -0.2) is 36.5 Å². The Morgan fingerprint density at radius 2 is 2.13 bits per heavy atom. The summed E-state index contributed by atoms with van der Waals surface area (Å²) in [5.74, 6) is 1.14. The average Bonchev–Trinajstić information content (AvgIpc) is 3.10. The maximum Gasteiger partial charge on any atom is 0.239 e. The molecule has 0 unspecified atom stereocenters. The SMILES string of the molecule is CCN(CC1CC1)C(=O)[C@H]1CCCCN1. The van der Waals surface area contributed by atoms with E-state index in [0.717, 1.165) is 32.0 Å². The molecular weight excluding hydrogens is 188 g/mol. The molecule has 2 rings (SSSR count). The third-order valence-corrected chi connectivity index (χ3v) is 3.48. The molecule has 0 spiro atoms. The Labute approximate surface area is 92.2 Å². The lowest BCUT2D eigenvalue weighted by Crippen LogP contribution is -2.49. The van der Waals surface area contributed by atoms with E-state index < -0.39 is 0 Å². The van der Waals surface area contributed by atoms with Crippen molar-refractivity contribution in [1.82, 2.24) is 10.2 Å². The Bertz CT molecular complexity index is 220. The first-order valence-corrected chi connectivity index (χ1v) is 6.33. The van der Waals surface area contributed by atoms with Crippen molar-refractivity contribution in [2.45, 2.75) is 45.1 Å². The zero-order valence-corrected chi connectivity index (χ0v) is 9.67. The van der Waals surface area contributed by atoms with Crippen LogP contribution < -0.4 is 5.32 Å². The van der Waals surface area contributed by atoms with Gasteiger partial charge in [0.05, 0.1) is 6.04 Å². The molecule has 0 radical (unpaired) electrons. The zero-order chi connectivity index (χ0) is 10.7. The van der Waals surface area contributed by atoms with E-state index in [1.54, 1.807) is 0 Å². The first kappa shape index (κ1) is 10.9. The molecule has 2 aliphatic rings. The van der Waals surface area contributed by atoms with E-state index in [0.29, 0.717) is 5.91 Å². The fourth-order valence-corrected chi connectivity index (χ4v) is 2.27. The van der Waals surface area contributed by atoms with Crippen LogP contribution in [0.2, 0.25) is 0 Å². The van der Waals surface area contributed by atoms with Crippen LogP contribution in [0.4, 0.5) is 0 Å². The number of rotatable bonds is 4. The highest BCUT2D eigenvalue weighted by Gasteiger charge is 2.29. The van der Waals surface area contributed by atoms with E-state index in [4.69, 9.17) is 0 Å². The predicted molar refractivity (Wildman–Crippen MR) is 60.6 cm³/mol. The lowest BCUT2D eigenvalue weighted by atomic mass is 10.0. The number of nitrogens with one attached hydrogen (secondary N) is 1. The van der Waals surface area contributed by atoms with E-state index in [-0.39, 0.29) is 6.04 Å². The number of carbonyl (C=O) groups excluding carboxylic acids is 1. The van der Waals surface area contributed by atoms with Crippen molar-refractivity contribution < 1.29 is 4.79 Å². The van der Waals surface area contributed by atoms with Crippen LogP contribution in [0, 0.1) is 5.92 Å². The number of piperidine rings is 1. The standard InChI is InChI=1S/C12H22N2O/c1-2-14(9-10-6-7-10)12(15)11-5-3-4-8-13-11/h10-11,13H,2-9H2,1H3/t11-/m1/s1. The van der Waals surface area contributed by atoms with Gasteiger partial charge in [-0.15, -0.1) is 0 Å². The fourth-order valence-electron chi connectivity index (χ4n) is 2.27. The van der Waals surface area contributed by atoms with Gasteiger partial charge in [-0.25, -0.2) is 0 Å². The smallest absolute Gasteiger partial charge is 0.239 e. The van der Waals surface area contributed by atoms with Crippen LogP contribution in [0.15, 0.2) is 0 Å². The third kappa shape index (κ3) is 2.94. The fraction of sp³-hybridized carbons (Fsp3) is 0.917. The monoisotopic (exact) mass is 210 g/mol. The van der Waals surface area contributed by atoms with Gasteiger partial charge in [0.15, 0.2) is 0 Å². The largest absolute Gasteiger partial charge is 0.341 e. The van der Waals surface area contributed by atoms with Crippen LogP contribution >= 0.6 is 0 Å². The minimum atomic E-state index is 0.109. The average molecular weight is 210 g/mol. The van der Waals surface area contributed by atoms with Gasteiger partial charge in [-0.05, 0) is 45.1 Å². The number of nitrogens with zero attached hydrogens (tertiary/aromatic N) is 1. The molecule has 0 aromatic carbocycles. The normalized spacial score (nSPS) is 26.3. The van der Waals surface area contributed by atoms with Crippen LogP contribution in [0.3, 0.4) is 0 Å². The Hall–Kier alpha value is -0.570. The molecule has 0 bridgehead atoms. The van der Waals surface area contributed by atoms with Gasteiger partial charge in [-0.2, -0.15) is 0 Å². The van der Waals surface area contributed by atoms with E-state index in [2.05, 4.69) is 12.2 Å². The van der Waals surface area contributed by atoms with Gasteiger partial charge in [0.25, 0.3) is 0 Å². The molecule has 1 amide bonds. The quantitative estimate of drug-likeness (QED) is 0.760. The number of hydrogen-bond acceptors (Lipinski definition) is 2. The van der Waals surface area contributed by atoms with Gasteiger partial charge in [0, 0.05) is 13.1 Å². The molecule has 1 N–H and O–H groups in total. The van der Waals surface area contributed by atoms with E-state index in [1.165, 1.54) is 25.7 Å². The molecule has 3 heteroatoms. The highest BCUT2D eigenvalue weighted by Crippen LogP contribution is 2.30. The van der Waals surface area contributed by atoms with Gasteiger partial charge in [0.1, 0.15) is 0 Å². The van der Waals surface area contributed by atoms with Crippen molar-refractivity contribution >= 4 is 5.91 Å². The minimum Gasteiger partial charge on any atom is -0.341 e. The lowest BCUT2D eigenvalue weighted by Gasteiger charge is -2.29. The summed E-state index contributed by atoms with van der Waals surface area (Å²) in [5, 5.41) is 3.34. The summed E-state index contributed by atoms with van der Waals surface area (Å²) in [5.41, 5.74) is 0. The topological polar surface area (TPSA) is 32.3 Å². The van der Waals surface area contributed by atoms with E-state index >= 15 is 0 Å². The molecular formula is C12H22N2O. The molecule has 1 saturated carbocycles. The van der Waals surface area contributed by atoms with Crippen LogP contribution in [-0.2, 0) is 4.79 Å². The highest BCUT2D eigenvalue weighted by atomic mass is 16.2. The Morgan fingerprint density at radius 3 is 2.67 bits per heavy atom. The van der Waals surface area contributed by atoms with E-state index in [1.807, 2.05) is 4.90 Å². The van der Waals surface area contributed by atoms with E-state index in [9.17, 15) is 4.79 Å². The first-order valence-electron chi connectivity index (χ1n) is 6.33. The molecule has 15 heavy (non-hydrogen) atoms. The summed E-state index contributed by atoms with van der Waals surface area (Å²) in [7, 11) is 0. The van der Waals surface area contributed by atoms with Crippen LogP contribution in [0.5, 0.6) is 0 Å². The van der Waals surface area contributed by atoms with Crippen molar-refractivity contribution in [3.05, 3.63) is 0 Å². The van der Waals surface area contributed by atoms with Crippen molar-refractivity contribution in [2.75, 3.05) is 19.6 Å². The molecule has 1 aliphatic heterocycles. The Kier molecular flexibility index (Phi) is 3.62. The van der Waals surface area contributed by atoms with Crippen molar-refractivity contribution in [3.63, 3.8) is 0 Å². The number of hydrogen-bond donors (Lipinski definition) is 1. The maximum absolute atomic E-state index is 12.2. The lowest BCUT2D eigenvalue weighted by molar-refractivity contribution is -0.134. The second kappa shape index (κ2) is 4.97. The number of likely N-dealkylation sites (N-methyl/N-ethyl adjacent to an activating group) is 1. The number of amides is 1. The van der Waals surface area contributed by atoms with Crippen LogP contribution in [0.25, 0.3) is 0 Å². The Balaban J connectivity index is 1.84. The first-order chi connectivity index (χ1) is 7.31. The highest BCUT2D eigenvalue weighted by molar-refractivity contribution is 5.82. The van der Waals surface area contributed by atoms with Gasteiger partial charge in [0.2, 0.25) is 5.91 Å².